The maximum atomic E-state index is 13.4. The van der Waals surface area contributed by atoms with E-state index >= 15 is 0 Å². The van der Waals surface area contributed by atoms with E-state index in [1.807, 2.05) is 0 Å². The van der Waals surface area contributed by atoms with Gasteiger partial charge in [0.2, 0.25) is 0 Å². The second kappa shape index (κ2) is 1.94. The summed E-state index contributed by atoms with van der Waals surface area (Å²) >= 11 is 0. The van der Waals surface area contributed by atoms with Crippen LogP contribution >= 0.6 is 0 Å². The van der Waals surface area contributed by atoms with Crippen molar-refractivity contribution in [2.45, 2.75) is 45.1 Å². The number of alkyl halides is 2. The monoisotopic (exact) mass is 163 g/mol. The van der Waals surface area contributed by atoms with Crippen molar-refractivity contribution in [1.29, 1.82) is 0 Å². The third-order valence-corrected chi connectivity index (χ3v) is 2.36. The van der Waals surface area contributed by atoms with Crippen LogP contribution in [0.2, 0.25) is 0 Å². The van der Waals surface area contributed by atoms with Gasteiger partial charge in [0, 0.05) is 5.41 Å². The maximum absolute atomic E-state index is 13.4. The van der Waals surface area contributed by atoms with Crippen molar-refractivity contribution in [1.82, 2.24) is 0 Å². The summed E-state index contributed by atoms with van der Waals surface area (Å²) in [4.78, 5) is 0. The van der Waals surface area contributed by atoms with Crippen LogP contribution in [0.15, 0.2) is 0 Å². The SMILES string of the molecule is CC(C)(C)C(F)(F)C1(N)CC1. The van der Waals surface area contributed by atoms with Gasteiger partial charge in [-0.2, -0.15) is 0 Å². The minimum absolute atomic E-state index is 0.456. The van der Waals surface area contributed by atoms with E-state index in [4.69, 9.17) is 5.73 Å². The standard InChI is InChI=1S/C8H15F2N/c1-6(2,3)8(9,10)7(11)4-5-7/h4-5,11H2,1-3H3. The van der Waals surface area contributed by atoms with Crippen molar-refractivity contribution >= 4 is 0 Å². The topological polar surface area (TPSA) is 26.0 Å². The molecular formula is C8H15F2N. The summed E-state index contributed by atoms with van der Waals surface area (Å²) < 4.78 is 26.8. The molecule has 0 aromatic heterocycles. The number of hydrogen-bond donors (Lipinski definition) is 1. The van der Waals surface area contributed by atoms with Crippen molar-refractivity contribution in [2.75, 3.05) is 0 Å². The van der Waals surface area contributed by atoms with E-state index < -0.39 is 16.9 Å². The lowest BCUT2D eigenvalue weighted by Crippen LogP contribution is -2.52. The molecule has 1 saturated carbocycles. The second-order valence-electron chi connectivity index (χ2n) is 4.48. The van der Waals surface area contributed by atoms with Gasteiger partial charge >= 0.3 is 0 Å². The third kappa shape index (κ3) is 1.15. The quantitative estimate of drug-likeness (QED) is 0.629. The normalized spacial score (nSPS) is 23.5. The molecule has 2 N–H and O–H groups in total. The van der Waals surface area contributed by atoms with Crippen molar-refractivity contribution in [3.8, 4) is 0 Å². The van der Waals surface area contributed by atoms with E-state index in [2.05, 4.69) is 0 Å². The van der Waals surface area contributed by atoms with Crippen LogP contribution in [-0.4, -0.2) is 11.5 Å². The van der Waals surface area contributed by atoms with Crippen molar-refractivity contribution < 1.29 is 8.78 Å². The Bertz CT molecular complexity index is 158. The van der Waals surface area contributed by atoms with Gasteiger partial charge in [0.15, 0.2) is 0 Å². The molecule has 3 heteroatoms. The average molecular weight is 163 g/mol. The first-order chi connectivity index (χ1) is 4.71. The number of halogens is 2. The second-order valence-corrected chi connectivity index (χ2v) is 4.48. The van der Waals surface area contributed by atoms with E-state index in [0.29, 0.717) is 12.8 Å². The molecule has 1 aliphatic carbocycles. The molecule has 0 aromatic rings. The van der Waals surface area contributed by atoms with Crippen molar-refractivity contribution in [2.24, 2.45) is 11.1 Å². The highest BCUT2D eigenvalue weighted by molar-refractivity contribution is 5.13. The highest BCUT2D eigenvalue weighted by Crippen LogP contribution is 2.53. The summed E-state index contributed by atoms with van der Waals surface area (Å²) in [6, 6.07) is 0. The highest BCUT2D eigenvalue weighted by Gasteiger charge is 2.64. The average Bonchev–Trinajstić information content (AvgIpc) is 2.45. The molecule has 1 fully saturated rings. The first kappa shape index (κ1) is 8.91. The van der Waals surface area contributed by atoms with Crippen LogP contribution in [0.25, 0.3) is 0 Å². The molecule has 11 heavy (non-hydrogen) atoms. The lowest BCUT2D eigenvalue weighted by atomic mass is 9.82. The predicted molar refractivity (Wildman–Crippen MR) is 40.6 cm³/mol. The van der Waals surface area contributed by atoms with Gasteiger partial charge < -0.3 is 5.73 Å². The largest absolute Gasteiger partial charge is 0.320 e. The van der Waals surface area contributed by atoms with Gasteiger partial charge in [-0.05, 0) is 12.8 Å². The van der Waals surface area contributed by atoms with Gasteiger partial charge in [-0.25, -0.2) is 8.78 Å². The highest BCUT2D eigenvalue weighted by atomic mass is 19.3. The van der Waals surface area contributed by atoms with Crippen molar-refractivity contribution in [3.05, 3.63) is 0 Å². The lowest BCUT2D eigenvalue weighted by Gasteiger charge is -2.35. The Morgan fingerprint density at radius 2 is 1.55 bits per heavy atom. The Kier molecular flexibility index (Phi) is 1.58. The van der Waals surface area contributed by atoms with E-state index in [-0.39, 0.29) is 0 Å². The summed E-state index contributed by atoms with van der Waals surface area (Å²) in [5.41, 5.74) is 3.24. The molecule has 1 aliphatic rings. The molecule has 66 valence electrons. The Morgan fingerprint density at radius 1 is 1.18 bits per heavy atom. The zero-order valence-electron chi connectivity index (χ0n) is 7.25. The molecule has 0 unspecified atom stereocenters. The molecule has 0 aliphatic heterocycles. The van der Waals surface area contributed by atoms with Crippen LogP contribution in [0, 0.1) is 5.41 Å². The number of rotatable bonds is 1. The molecule has 0 saturated heterocycles. The minimum atomic E-state index is -2.74. The Hall–Kier alpha value is -0.180. The summed E-state index contributed by atoms with van der Waals surface area (Å²) in [5.74, 6) is -2.74. The molecular weight excluding hydrogens is 148 g/mol. The Morgan fingerprint density at radius 3 is 1.64 bits per heavy atom. The number of nitrogens with two attached hydrogens (primary N) is 1. The Balaban J connectivity index is 2.82. The number of hydrogen-bond acceptors (Lipinski definition) is 1. The van der Waals surface area contributed by atoms with Crippen LogP contribution in [0.5, 0.6) is 0 Å². The predicted octanol–water partition coefficient (Wildman–Crippen LogP) is 2.16. The van der Waals surface area contributed by atoms with E-state index in [9.17, 15) is 8.78 Å². The molecule has 1 rings (SSSR count). The van der Waals surface area contributed by atoms with Gasteiger partial charge in [-0.3, -0.25) is 0 Å². The molecule has 0 spiro atoms. The third-order valence-electron chi connectivity index (χ3n) is 2.36. The van der Waals surface area contributed by atoms with Crippen LogP contribution in [-0.2, 0) is 0 Å². The first-order valence-corrected chi connectivity index (χ1v) is 3.87. The molecule has 0 aromatic carbocycles. The van der Waals surface area contributed by atoms with Crippen LogP contribution in [0.1, 0.15) is 33.6 Å². The molecule has 0 amide bonds. The summed E-state index contributed by atoms with van der Waals surface area (Å²) in [6.45, 7) is 4.58. The van der Waals surface area contributed by atoms with Crippen LogP contribution < -0.4 is 5.73 Å². The molecule has 0 atom stereocenters. The molecule has 1 nitrogen and oxygen atoms in total. The van der Waals surface area contributed by atoms with Crippen LogP contribution in [0.3, 0.4) is 0 Å². The van der Waals surface area contributed by atoms with Crippen molar-refractivity contribution in [3.63, 3.8) is 0 Å². The maximum Gasteiger partial charge on any atom is 0.270 e. The van der Waals surface area contributed by atoms with Gasteiger partial charge in [-0.1, -0.05) is 20.8 Å². The summed E-state index contributed by atoms with van der Waals surface area (Å²) in [6.07, 6.45) is 0.911. The summed E-state index contributed by atoms with van der Waals surface area (Å²) in [7, 11) is 0. The van der Waals surface area contributed by atoms with Gasteiger partial charge in [-0.15, -0.1) is 0 Å². The first-order valence-electron chi connectivity index (χ1n) is 3.87. The Labute approximate surface area is 66.0 Å². The zero-order valence-corrected chi connectivity index (χ0v) is 7.25. The molecule has 0 heterocycles. The zero-order chi connectivity index (χ0) is 8.91. The summed E-state index contributed by atoms with van der Waals surface area (Å²) in [5, 5.41) is 0. The fourth-order valence-electron chi connectivity index (χ4n) is 1.20. The van der Waals surface area contributed by atoms with Gasteiger partial charge in [0.05, 0.1) is 5.54 Å². The lowest BCUT2D eigenvalue weighted by molar-refractivity contribution is -0.124. The van der Waals surface area contributed by atoms with E-state index in [1.54, 1.807) is 0 Å². The van der Waals surface area contributed by atoms with Gasteiger partial charge in [0.1, 0.15) is 0 Å². The molecule has 0 radical (unpaired) electrons. The van der Waals surface area contributed by atoms with E-state index in [0.717, 1.165) is 0 Å². The smallest absolute Gasteiger partial charge is 0.270 e. The molecule has 0 bridgehead atoms. The van der Waals surface area contributed by atoms with Gasteiger partial charge in [0.25, 0.3) is 5.92 Å². The minimum Gasteiger partial charge on any atom is -0.320 e. The fourth-order valence-corrected chi connectivity index (χ4v) is 1.20. The van der Waals surface area contributed by atoms with Crippen LogP contribution in [0.4, 0.5) is 8.78 Å². The fraction of sp³-hybridized carbons (Fsp3) is 1.00. The van der Waals surface area contributed by atoms with E-state index in [1.165, 1.54) is 20.8 Å².